The second-order valence-corrected chi connectivity index (χ2v) is 27.8. The van der Waals surface area contributed by atoms with Gasteiger partial charge in [0.05, 0.1) is 51.9 Å². The van der Waals surface area contributed by atoms with E-state index < -0.39 is 0 Å². The van der Waals surface area contributed by atoms with E-state index in [1.54, 1.807) is 65.3 Å². The van der Waals surface area contributed by atoms with Gasteiger partial charge in [0.15, 0.2) is 0 Å². The van der Waals surface area contributed by atoms with Gasteiger partial charge in [-0.15, -0.1) is 45.3 Å². The van der Waals surface area contributed by atoms with Crippen LogP contribution in [0.2, 0.25) is 0 Å². The van der Waals surface area contributed by atoms with Crippen molar-refractivity contribution in [3.8, 4) is 0 Å². The molecule has 0 unspecified atom stereocenters. The molecule has 11 rings (SSSR count). The molecule has 0 radical (unpaired) electrons. The van der Waals surface area contributed by atoms with Crippen LogP contribution in [-0.2, 0) is 0 Å². The Morgan fingerprint density at radius 2 is 1.16 bits per heavy atom. The van der Waals surface area contributed by atoms with Crippen LogP contribution in [0.15, 0.2) is 175 Å². The molecule has 17 heteroatoms. The van der Waals surface area contributed by atoms with Crippen molar-refractivity contribution in [2.24, 2.45) is 0 Å². The predicted molar refractivity (Wildman–Crippen MR) is 389 cm³/mol. The second-order valence-electron chi connectivity index (χ2n) is 23.6. The van der Waals surface area contributed by atoms with E-state index in [1.807, 2.05) is 101 Å². The lowest BCUT2D eigenvalue weighted by atomic mass is 10.1. The van der Waals surface area contributed by atoms with Gasteiger partial charge in [-0.3, -0.25) is 10.1 Å². The van der Waals surface area contributed by atoms with Crippen molar-refractivity contribution in [2.75, 3.05) is 0 Å². The van der Waals surface area contributed by atoms with Gasteiger partial charge in [-0.2, -0.15) is 9.47 Å². The third-order valence-corrected chi connectivity index (χ3v) is 16.7. The zero-order chi connectivity index (χ0) is 65.8. The summed E-state index contributed by atoms with van der Waals surface area (Å²) in [5.41, 5.74) is 12.3. The number of hydrogen-bond donors (Lipinski definition) is 3. The number of nitrogens with zero attached hydrogens (tertiary/aromatic N) is 6. The summed E-state index contributed by atoms with van der Waals surface area (Å²) in [5, 5.41) is 19.9. The summed E-state index contributed by atoms with van der Waals surface area (Å²) in [6.45, 7) is 47.3. The number of nitrogens with one attached hydrogen (secondary N) is 3. The van der Waals surface area contributed by atoms with Gasteiger partial charge >= 0.3 is 0 Å². The van der Waals surface area contributed by atoms with E-state index in [2.05, 4.69) is 243 Å². The van der Waals surface area contributed by atoms with Gasteiger partial charge in [-0.1, -0.05) is 171 Å². The van der Waals surface area contributed by atoms with Crippen molar-refractivity contribution in [2.45, 2.75) is 225 Å². The molecule has 3 N–H and O–H groups in total. The monoisotopic (exact) mass is 1310 g/mol. The summed E-state index contributed by atoms with van der Waals surface area (Å²) in [6.07, 6.45) is 18.3. The highest BCUT2D eigenvalue weighted by Gasteiger charge is 2.03. The van der Waals surface area contributed by atoms with Crippen molar-refractivity contribution in [3.63, 3.8) is 0 Å². The van der Waals surface area contributed by atoms with E-state index in [9.17, 15) is 0 Å². The summed E-state index contributed by atoms with van der Waals surface area (Å²) in [5.74, 6) is 7.61. The Morgan fingerprint density at radius 1 is 0.472 bits per heavy atom. The van der Waals surface area contributed by atoms with Gasteiger partial charge in [0.25, 0.3) is 0 Å². The van der Waals surface area contributed by atoms with Crippen LogP contribution in [0.4, 0.5) is 0 Å². The SMILES string of the molecule is C.CC(C)c1cc[nH]c1.CC(C)c1ccc[nH]1.CC(C)c1ccco1.CC(C)c1cccs1.CC(C)c1ccn[nH]1.CC(C)c1ccoc1.CC(C)c1ccon1.CC(C)c1ccsn1.CC(C)c1cncs1.CC(C)c1cscn1.CC(C)c1nccs1. The maximum Gasteiger partial charge on any atom is 0.124 e. The van der Waals surface area contributed by atoms with Crippen molar-refractivity contribution >= 4 is 56.9 Å². The van der Waals surface area contributed by atoms with Crippen LogP contribution in [0, 0.1) is 0 Å². The molecule has 0 fully saturated rings. The number of H-pyrrole nitrogens is 3. The molecular formula is C72H111N9O3S5. The molecule has 0 aromatic carbocycles. The zero-order valence-corrected chi connectivity index (χ0v) is 61.0. The molecule has 0 aliphatic heterocycles. The number of aromatic amines is 3. The van der Waals surface area contributed by atoms with Crippen LogP contribution in [0.3, 0.4) is 0 Å². The predicted octanol–water partition coefficient (Wildman–Crippen LogP) is 25.0. The van der Waals surface area contributed by atoms with Crippen LogP contribution >= 0.6 is 56.9 Å². The van der Waals surface area contributed by atoms with Crippen LogP contribution < -0.4 is 0 Å². The zero-order valence-electron chi connectivity index (χ0n) is 56.9. The summed E-state index contributed by atoms with van der Waals surface area (Å²) in [6, 6.07) is 22.3. The van der Waals surface area contributed by atoms with E-state index >= 15 is 0 Å². The molecule has 11 aromatic heterocycles. The molecule has 11 aromatic rings. The van der Waals surface area contributed by atoms with Crippen LogP contribution in [0.5, 0.6) is 0 Å². The van der Waals surface area contributed by atoms with Crippen molar-refractivity contribution in [3.05, 3.63) is 222 Å². The van der Waals surface area contributed by atoms with Gasteiger partial charge in [-0.25, -0.2) is 9.97 Å². The van der Waals surface area contributed by atoms with Crippen molar-refractivity contribution in [1.29, 1.82) is 0 Å². The number of rotatable bonds is 11. The van der Waals surface area contributed by atoms with E-state index in [0.29, 0.717) is 65.1 Å². The number of hydrogen-bond acceptors (Lipinski definition) is 14. The Kier molecular flexibility index (Phi) is 46.1. The minimum Gasteiger partial charge on any atom is -0.472 e. The van der Waals surface area contributed by atoms with E-state index in [1.165, 1.54) is 60.2 Å². The Balaban J connectivity index is 0.000000956. The number of thiazole rings is 3. The topological polar surface area (TPSA) is 164 Å². The summed E-state index contributed by atoms with van der Waals surface area (Å²) in [7, 11) is 0. The molecule has 492 valence electrons. The fourth-order valence-corrected chi connectivity index (χ4v) is 9.81. The van der Waals surface area contributed by atoms with Gasteiger partial charge in [0, 0.05) is 92.4 Å². The van der Waals surface area contributed by atoms with Gasteiger partial charge in [0.1, 0.15) is 12.0 Å². The first-order valence-corrected chi connectivity index (χ1v) is 35.1. The average Bonchev–Trinajstić information content (AvgIpc) is 4.35. The maximum atomic E-state index is 5.09. The lowest BCUT2D eigenvalue weighted by Crippen LogP contribution is -1.85. The number of thiophene rings is 1. The summed E-state index contributed by atoms with van der Waals surface area (Å²) >= 11 is 8.45. The normalized spacial score (nSPS) is 10.3. The molecule has 0 spiro atoms. The molecule has 11 heterocycles. The number of aromatic nitrogens is 9. The van der Waals surface area contributed by atoms with Gasteiger partial charge < -0.3 is 23.3 Å². The second kappa shape index (κ2) is 49.5. The highest BCUT2D eigenvalue weighted by atomic mass is 32.1. The molecular weight excluding hydrogens is 1200 g/mol. The van der Waals surface area contributed by atoms with E-state index in [0.717, 1.165) is 11.5 Å². The summed E-state index contributed by atoms with van der Waals surface area (Å²) in [4.78, 5) is 21.2. The van der Waals surface area contributed by atoms with Crippen LogP contribution in [-0.4, -0.2) is 44.6 Å². The highest BCUT2D eigenvalue weighted by molar-refractivity contribution is 7.10. The fraction of sp³-hybridized carbons (Fsp3) is 0.472. The Hall–Kier alpha value is -6.24. The van der Waals surface area contributed by atoms with Crippen molar-refractivity contribution in [1.82, 2.24) is 44.6 Å². The largest absolute Gasteiger partial charge is 0.472 e. The van der Waals surface area contributed by atoms with Crippen LogP contribution in [0.1, 0.15) is 285 Å². The fourth-order valence-electron chi connectivity index (χ4n) is 6.41. The first-order valence-electron chi connectivity index (χ1n) is 30.7. The quantitative estimate of drug-likeness (QED) is 0.114. The minimum absolute atomic E-state index is 0. The molecule has 0 aliphatic rings. The lowest BCUT2D eigenvalue weighted by Gasteiger charge is -1.97. The molecule has 89 heavy (non-hydrogen) atoms. The Bertz CT molecular complexity index is 2300. The van der Waals surface area contributed by atoms with Gasteiger partial charge in [-0.05, 0) is 136 Å². The average molecular weight is 1310 g/mol. The molecule has 0 amide bonds. The third-order valence-electron chi connectivity index (χ3n) is 12.2. The minimum atomic E-state index is 0. The molecule has 0 bridgehead atoms. The standard InChI is InChI=1S/2C7H11N.2C7H10O.C7H10S.C6H10N2.C6H9NO.4C6H9NS.CH4/c1-6(2)7-3-4-8-5-7;1-6(2)7-4-3-5-8-7;1-6(2)7-3-4-8-5-7;2*1-6(2)7-4-3-5-8-7;1-5(2)6-3-4-7-8-6;1-5(2)6-3-4-8-7-6;1-5(2)6-3-8-4-7-6;1-5(2)6-3-7-4-8-6;1-5(2)6-7-3-4-8-6;1-5(2)6-3-4-8-7-6;/h2*3-6,8H,1-2H3;3*3-6H,1-2H3;3-5H,1-2H3,(H,7,8);5*3-5H,1-2H3;1H4. The van der Waals surface area contributed by atoms with E-state index in [4.69, 9.17) is 8.83 Å². The molecule has 0 atom stereocenters. The molecule has 0 saturated carbocycles. The third kappa shape index (κ3) is 39.5. The molecule has 12 nitrogen and oxygen atoms in total. The smallest absolute Gasteiger partial charge is 0.124 e. The maximum absolute atomic E-state index is 5.09. The first kappa shape index (κ1) is 82.8. The highest BCUT2D eigenvalue weighted by Crippen LogP contribution is 2.21. The molecule has 0 saturated heterocycles. The Labute approximate surface area is 557 Å². The molecule has 0 aliphatic carbocycles. The van der Waals surface area contributed by atoms with Crippen LogP contribution in [0.25, 0.3) is 0 Å². The van der Waals surface area contributed by atoms with E-state index in [-0.39, 0.29) is 7.43 Å². The Morgan fingerprint density at radius 3 is 1.40 bits per heavy atom. The summed E-state index contributed by atoms with van der Waals surface area (Å²) < 4.78 is 18.8. The number of furan rings is 2. The first-order chi connectivity index (χ1) is 41.8. The lowest BCUT2D eigenvalue weighted by molar-refractivity contribution is 0.408. The van der Waals surface area contributed by atoms with Crippen molar-refractivity contribution < 1.29 is 13.4 Å². The van der Waals surface area contributed by atoms with Gasteiger partial charge in [0.2, 0.25) is 0 Å².